The monoisotopic (exact) mass is 761 g/mol. The Balaban J connectivity index is 1.19. The van der Waals surface area contributed by atoms with Gasteiger partial charge in [-0.2, -0.15) is 0 Å². The summed E-state index contributed by atoms with van der Waals surface area (Å²) in [7, 11) is -3.90. The van der Waals surface area contributed by atoms with Crippen LogP contribution in [0.1, 0.15) is 81.0 Å². The van der Waals surface area contributed by atoms with Crippen molar-refractivity contribution in [3.63, 3.8) is 0 Å². The highest BCUT2D eigenvalue weighted by atomic mass is 32.2. The lowest BCUT2D eigenvalue weighted by Gasteiger charge is -2.30. The summed E-state index contributed by atoms with van der Waals surface area (Å²) < 4.78 is 39.2. The molecule has 1 saturated heterocycles. The quantitative estimate of drug-likeness (QED) is 0.340. The van der Waals surface area contributed by atoms with Crippen molar-refractivity contribution >= 4 is 39.7 Å². The van der Waals surface area contributed by atoms with Crippen molar-refractivity contribution in [2.45, 2.75) is 99.5 Å². The molecule has 3 fully saturated rings. The number of allylic oxidation sites excluding steroid dienone is 1. The second-order valence-corrected chi connectivity index (χ2v) is 16.9. The topological polar surface area (TPSA) is 189 Å². The van der Waals surface area contributed by atoms with Crippen molar-refractivity contribution < 1.29 is 41.9 Å². The van der Waals surface area contributed by atoms with Gasteiger partial charge < -0.3 is 30.3 Å². The van der Waals surface area contributed by atoms with Gasteiger partial charge in [0.05, 0.1) is 18.5 Å². The molecule has 0 spiro atoms. The van der Waals surface area contributed by atoms with Crippen LogP contribution < -0.4 is 25.4 Å². The maximum atomic E-state index is 14.4. The number of hydrogen-bond acceptors (Lipinski definition) is 9. The summed E-state index contributed by atoms with van der Waals surface area (Å²) in [6.45, 7) is 0.473. The average Bonchev–Trinajstić information content (AvgIpc) is 4.08. The van der Waals surface area contributed by atoms with Gasteiger partial charge in [-0.1, -0.05) is 49.3 Å². The van der Waals surface area contributed by atoms with Crippen LogP contribution in [0.2, 0.25) is 0 Å². The second kappa shape index (κ2) is 15.8. The number of benzene rings is 2. The zero-order valence-corrected chi connectivity index (χ0v) is 30.9. The van der Waals surface area contributed by atoms with Crippen LogP contribution >= 0.6 is 0 Å². The molecular formula is C39H47N5O9S. The van der Waals surface area contributed by atoms with Crippen molar-refractivity contribution in [1.29, 1.82) is 0 Å². The molecule has 0 aromatic heterocycles. The number of fused-ring (bicyclic) bond motifs is 8. The van der Waals surface area contributed by atoms with Crippen LogP contribution in [0, 0.1) is 5.92 Å². The third-order valence-corrected chi connectivity index (χ3v) is 12.7. The molecular weight excluding hydrogens is 715 g/mol. The maximum Gasteiger partial charge on any atom is 0.407 e. The minimum atomic E-state index is -3.90. The maximum absolute atomic E-state index is 14.4. The molecule has 15 heteroatoms. The minimum Gasteiger partial charge on any atom is -0.494 e. The van der Waals surface area contributed by atoms with Crippen LogP contribution in [0.5, 0.6) is 5.75 Å². The Morgan fingerprint density at radius 1 is 0.852 bits per heavy atom. The third-order valence-electron chi connectivity index (χ3n) is 10.8. The van der Waals surface area contributed by atoms with Gasteiger partial charge in [-0.3, -0.25) is 23.9 Å². The van der Waals surface area contributed by atoms with Crippen LogP contribution in [0.4, 0.5) is 4.79 Å². The SMILES string of the molecule is O=C1N[C@H]2CCCCC/C=C\[C@@H]3C[C@@]3(C(=O)NS(=O)(=O)C3CC3)NC(=O)[C@@H]3C[C@H](CN3C2=O)NC(=O)c2cccc(c2)-c2cccc(c2)OCCCCO1. The van der Waals surface area contributed by atoms with Crippen LogP contribution in [-0.2, 0) is 29.1 Å². The summed E-state index contributed by atoms with van der Waals surface area (Å²) in [5.74, 6) is -2.14. The Morgan fingerprint density at radius 2 is 1.59 bits per heavy atom. The first-order chi connectivity index (χ1) is 26.0. The highest BCUT2D eigenvalue weighted by molar-refractivity contribution is 7.91. The first kappa shape index (κ1) is 37.4. The van der Waals surface area contributed by atoms with E-state index in [0.29, 0.717) is 62.9 Å². The molecule has 3 aliphatic heterocycles. The molecule has 2 saturated carbocycles. The van der Waals surface area contributed by atoms with Crippen molar-refractivity contribution in [1.82, 2.24) is 25.6 Å². The normalized spacial score (nSPS) is 28.9. The molecule has 288 valence electrons. The number of carbonyl (C=O) groups excluding carboxylic acids is 5. The summed E-state index contributed by atoms with van der Waals surface area (Å²) in [6, 6.07) is 11.9. The van der Waals surface area contributed by atoms with Crippen LogP contribution in [0.15, 0.2) is 60.7 Å². The summed E-state index contributed by atoms with van der Waals surface area (Å²) in [5, 5.41) is 7.94. The van der Waals surface area contributed by atoms with Crippen molar-refractivity contribution in [3.05, 3.63) is 66.2 Å². The first-order valence-corrected chi connectivity index (χ1v) is 20.5. The van der Waals surface area contributed by atoms with Gasteiger partial charge in [-0.25, -0.2) is 13.2 Å². The highest BCUT2D eigenvalue weighted by Gasteiger charge is 2.62. The smallest absolute Gasteiger partial charge is 0.407 e. The van der Waals surface area contributed by atoms with Gasteiger partial charge in [0.2, 0.25) is 21.8 Å². The number of sulfonamides is 1. The molecule has 7 rings (SSSR count). The Kier molecular flexibility index (Phi) is 11.0. The fourth-order valence-corrected chi connectivity index (χ4v) is 8.89. The van der Waals surface area contributed by atoms with Crippen LogP contribution in [0.25, 0.3) is 11.1 Å². The molecule has 4 N–H and O–H groups in total. The Labute approximate surface area is 314 Å². The Hall–Kier alpha value is -4.92. The van der Waals surface area contributed by atoms with Crippen molar-refractivity contribution in [3.8, 4) is 16.9 Å². The largest absolute Gasteiger partial charge is 0.494 e. The zero-order chi connectivity index (χ0) is 37.9. The molecule has 3 heterocycles. The molecule has 2 aromatic carbocycles. The zero-order valence-electron chi connectivity index (χ0n) is 30.1. The number of nitrogens with zero attached hydrogens (tertiary/aromatic N) is 1. The van der Waals surface area contributed by atoms with E-state index in [4.69, 9.17) is 9.47 Å². The standard InChI is InChI=1S/C39H47N5O9S/c45-34-27-12-8-10-25(20-27)26-11-9-14-30(21-26)52-18-6-7-19-53-38(49)41-32-15-5-3-1-2-4-13-28-23-39(28,37(48)43-54(50,51)31-16-17-31)42-35(46)33-22-29(40-34)24-44(33)36(32)47/h4,8-14,20-21,28-29,31-33H,1-3,5-7,15-19,22-24H2,(H,40,45)(H,41,49)(H,42,46)(H,43,48)/b13-4-/t28-,29-,32+,33+,39-/m1/s1. The van der Waals surface area contributed by atoms with Gasteiger partial charge >= 0.3 is 6.09 Å². The van der Waals surface area contributed by atoms with E-state index >= 15 is 0 Å². The molecule has 5 amide bonds. The van der Waals surface area contributed by atoms with Crippen molar-refractivity contribution in [2.75, 3.05) is 19.8 Å². The molecule has 2 aromatic rings. The van der Waals surface area contributed by atoms with E-state index in [1.807, 2.05) is 42.5 Å². The third kappa shape index (κ3) is 8.56. The predicted molar refractivity (Wildman–Crippen MR) is 198 cm³/mol. The van der Waals surface area contributed by atoms with E-state index in [1.54, 1.807) is 18.2 Å². The molecule has 5 atom stereocenters. The fourth-order valence-electron chi connectivity index (χ4n) is 7.52. The fraction of sp³-hybridized carbons (Fsp3) is 0.513. The summed E-state index contributed by atoms with van der Waals surface area (Å²) in [5.41, 5.74) is 0.517. The van der Waals surface area contributed by atoms with Crippen LogP contribution in [0.3, 0.4) is 0 Å². The average molecular weight is 762 g/mol. The number of alkyl carbamates (subject to hydrolysis) is 1. The van der Waals surface area contributed by atoms with E-state index < -0.39 is 74.6 Å². The molecule has 5 aliphatic rings. The lowest BCUT2D eigenvalue weighted by molar-refractivity contribution is -0.141. The summed E-state index contributed by atoms with van der Waals surface area (Å²) in [6.07, 6.45) is 8.45. The number of ether oxygens (including phenoxy) is 2. The van der Waals surface area contributed by atoms with E-state index in [1.165, 1.54) is 4.90 Å². The van der Waals surface area contributed by atoms with Gasteiger partial charge in [0, 0.05) is 24.1 Å². The minimum absolute atomic E-state index is 0.0259. The van der Waals surface area contributed by atoms with Crippen molar-refractivity contribution in [2.24, 2.45) is 5.92 Å². The molecule has 7 bridgehead atoms. The Morgan fingerprint density at radius 3 is 2.39 bits per heavy atom. The molecule has 0 radical (unpaired) electrons. The number of cyclic esters (lactones) is 1. The van der Waals surface area contributed by atoms with E-state index in [-0.39, 0.29) is 26.0 Å². The van der Waals surface area contributed by atoms with E-state index in [9.17, 15) is 32.4 Å². The van der Waals surface area contributed by atoms with Gasteiger partial charge in [-0.05, 0) is 93.2 Å². The van der Waals surface area contributed by atoms with Gasteiger partial charge in [0.1, 0.15) is 23.4 Å². The Bertz CT molecular complexity index is 1930. The van der Waals surface area contributed by atoms with E-state index in [0.717, 1.165) is 24.0 Å². The summed E-state index contributed by atoms with van der Waals surface area (Å²) in [4.78, 5) is 70.4. The molecule has 2 aliphatic carbocycles. The lowest BCUT2D eigenvalue weighted by atomic mass is 10.0. The van der Waals surface area contributed by atoms with Gasteiger partial charge in [-0.15, -0.1) is 0 Å². The molecule has 14 nitrogen and oxygen atoms in total. The summed E-state index contributed by atoms with van der Waals surface area (Å²) >= 11 is 0. The number of hydrogen-bond donors (Lipinski definition) is 4. The number of nitrogens with one attached hydrogen (secondary N) is 4. The second-order valence-electron chi connectivity index (χ2n) is 14.9. The molecule has 54 heavy (non-hydrogen) atoms. The van der Waals surface area contributed by atoms with Crippen LogP contribution in [-0.4, -0.2) is 91.7 Å². The van der Waals surface area contributed by atoms with E-state index in [2.05, 4.69) is 20.7 Å². The van der Waals surface area contributed by atoms with Gasteiger partial charge in [0.25, 0.3) is 11.8 Å². The highest BCUT2D eigenvalue weighted by Crippen LogP contribution is 2.46. The first-order valence-electron chi connectivity index (χ1n) is 18.9. The molecule has 0 unspecified atom stereocenters. The van der Waals surface area contributed by atoms with Gasteiger partial charge in [0.15, 0.2) is 0 Å². The number of rotatable bonds is 3. The number of amides is 5. The predicted octanol–water partition coefficient (Wildman–Crippen LogP) is 3.32. The number of carbonyl (C=O) groups is 5. The lowest BCUT2D eigenvalue weighted by Crippen LogP contribution is -2.58.